The Bertz CT molecular complexity index is 1230. The van der Waals surface area contributed by atoms with E-state index in [1.807, 2.05) is 55.5 Å². The van der Waals surface area contributed by atoms with E-state index < -0.39 is 10.0 Å². The molecule has 1 aliphatic heterocycles. The van der Waals surface area contributed by atoms with Gasteiger partial charge < -0.3 is 14.6 Å². The van der Waals surface area contributed by atoms with Crippen LogP contribution in [0.15, 0.2) is 59.1 Å². The Hall–Kier alpha value is -2.82. The fourth-order valence-corrected chi connectivity index (χ4v) is 5.48. The summed E-state index contributed by atoms with van der Waals surface area (Å²) in [4.78, 5) is 22.1. The Morgan fingerprint density at radius 2 is 1.91 bits per heavy atom. The zero-order valence-corrected chi connectivity index (χ0v) is 19.9. The van der Waals surface area contributed by atoms with Gasteiger partial charge in [-0.25, -0.2) is 13.4 Å². The van der Waals surface area contributed by atoms with E-state index in [0.29, 0.717) is 24.9 Å². The molecule has 1 N–H and O–H groups in total. The number of benzene rings is 2. The summed E-state index contributed by atoms with van der Waals surface area (Å²) in [5, 5.41) is 1.90. The number of nitrogens with one attached hydrogen (secondary N) is 1. The van der Waals surface area contributed by atoms with Crippen LogP contribution in [0.5, 0.6) is 5.75 Å². The van der Waals surface area contributed by atoms with Crippen LogP contribution < -0.4 is 4.74 Å². The average molecular weight is 487 g/mol. The van der Waals surface area contributed by atoms with E-state index in [1.54, 1.807) is 11.0 Å². The van der Waals surface area contributed by atoms with Crippen LogP contribution in [0.25, 0.3) is 17.1 Å². The summed E-state index contributed by atoms with van der Waals surface area (Å²) in [6.07, 6.45) is 1.59. The lowest BCUT2D eigenvalue weighted by Gasteiger charge is -2.33. The molecule has 1 saturated heterocycles. The van der Waals surface area contributed by atoms with Crippen LogP contribution in [0.1, 0.15) is 12.5 Å². The highest BCUT2D eigenvalue weighted by Crippen LogP contribution is 2.24. The average Bonchev–Trinajstić information content (AvgIpc) is 3.24. The number of rotatable bonds is 8. The topological polar surface area (TPSA) is 95.6 Å². The number of sulfonamides is 1. The molecular formula is C23H26N4O4S2. The van der Waals surface area contributed by atoms with Crippen molar-refractivity contribution < 1.29 is 17.9 Å². The second kappa shape index (κ2) is 10.4. The van der Waals surface area contributed by atoms with Crippen LogP contribution in [-0.2, 0) is 14.8 Å². The van der Waals surface area contributed by atoms with Crippen molar-refractivity contribution in [2.75, 3.05) is 38.5 Å². The summed E-state index contributed by atoms with van der Waals surface area (Å²) in [7, 11) is -3.52. The summed E-state index contributed by atoms with van der Waals surface area (Å²) in [6, 6.07) is 14.9. The number of fused-ring (bicyclic) bond motifs is 1. The molecule has 0 spiro atoms. The Morgan fingerprint density at radius 3 is 2.64 bits per heavy atom. The van der Waals surface area contributed by atoms with Gasteiger partial charge in [-0.3, -0.25) is 4.79 Å². The standard InChI is InChI=1S/C23H26N4O4S2/c1-2-31-19-8-9-20-21(16-19)25-23(24-20)32-17-22(28)26-11-13-27(14-12-26)33(29,30)15-10-18-6-4-3-5-7-18/h3-10,15-16H,2,11-14,17H2,1H3,(H,24,25)/b15-10+. The van der Waals surface area contributed by atoms with Crippen LogP contribution in [0.3, 0.4) is 0 Å². The minimum Gasteiger partial charge on any atom is -0.494 e. The summed E-state index contributed by atoms with van der Waals surface area (Å²) in [6.45, 7) is 3.82. The molecule has 174 valence electrons. The molecule has 0 aliphatic carbocycles. The van der Waals surface area contributed by atoms with Gasteiger partial charge in [-0.2, -0.15) is 4.31 Å². The van der Waals surface area contributed by atoms with Crippen molar-refractivity contribution in [1.82, 2.24) is 19.2 Å². The van der Waals surface area contributed by atoms with Crippen molar-refractivity contribution in [2.24, 2.45) is 0 Å². The second-order valence-corrected chi connectivity index (χ2v) is 10.3. The molecule has 2 heterocycles. The highest BCUT2D eigenvalue weighted by molar-refractivity contribution is 7.99. The van der Waals surface area contributed by atoms with Gasteiger partial charge in [0.05, 0.1) is 23.4 Å². The first-order valence-electron chi connectivity index (χ1n) is 10.7. The maximum atomic E-state index is 12.7. The van der Waals surface area contributed by atoms with Gasteiger partial charge in [-0.1, -0.05) is 42.1 Å². The van der Waals surface area contributed by atoms with Gasteiger partial charge in [0.1, 0.15) is 5.75 Å². The van der Waals surface area contributed by atoms with Gasteiger partial charge in [0.15, 0.2) is 5.16 Å². The molecule has 1 fully saturated rings. The molecule has 0 radical (unpaired) electrons. The Labute approximate surface area is 197 Å². The van der Waals surface area contributed by atoms with Crippen LogP contribution in [0.2, 0.25) is 0 Å². The number of aromatic nitrogens is 2. The second-order valence-electron chi connectivity index (χ2n) is 7.48. The van der Waals surface area contributed by atoms with Crippen molar-refractivity contribution in [1.29, 1.82) is 0 Å². The number of hydrogen-bond acceptors (Lipinski definition) is 6. The van der Waals surface area contributed by atoms with E-state index in [0.717, 1.165) is 22.3 Å². The molecule has 2 aromatic carbocycles. The number of imidazole rings is 1. The van der Waals surface area contributed by atoms with Gasteiger partial charge in [0, 0.05) is 37.7 Å². The van der Waals surface area contributed by atoms with Crippen molar-refractivity contribution in [3.8, 4) is 5.75 Å². The first-order chi connectivity index (χ1) is 15.9. The van der Waals surface area contributed by atoms with E-state index in [1.165, 1.54) is 21.5 Å². The third kappa shape index (κ3) is 5.95. The maximum absolute atomic E-state index is 12.7. The number of nitrogens with zero attached hydrogens (tertiary/aromatic N) is 3. The predicted molar refractivity (Wildman–Crippen MR) is 131 cm³/mol. The predicted octanol–water partition coefficient (Wildman–Crippen LogP) is 3.20. The Morgan fingerprint density at radius 1 is 1.15 bits per heavy atom. The van der Waals surface area contributed by atoms with E-state index in [2.05, 4.69) is 9.97 Å². The highest BCUT2D eigenvalue weighted by atomic mass is 32.2. The minimum atomic E-state index is -3.52. The third-order valence-electron chi connectivity index (χ3n) is 5.26. The number of aromatic amines is 1. The molecule has 1 aliphatic rings. The number of ether oxygens (including phenoxy) is 1. The fourth-order valence-electron chi connectivity index (χ4n) is 3.52. The number of hydrogen-bond donors (Lipinski definition) is 1. The zero-order valence-electron chi connectivity index (χ0n) is 18.3. The fraction of sp³-hybridized carbons (Fsp3) is 0.304. The van der Waals surface area contributed by atoms with Gasteiger partial charge in [0.25, 0.3) is 0 Å². The molecule has 0 atom stereocenters. The third-order valence-corrected chi connectivity index (χ3v) is 7.68. The van der Waals surface area contributed by atoms with Crippen molar-refractivity contribution >= 4 is 44.8 Å². The highest BCUT2D eigenvalue weighted by Gasteiger charge is 2.27. The zero-order chi connectivity index (χ0) is 23.3. The number of amides is 1. The lowest BCUT2D eigenvalue weighted by atomic mass is 10.2. The van der Waals surface area contributed by atoms with E-state index in [4.69, 9.17) is 4.74 Å². The van der Waals surface area contributed by atoms with Crippen LogP contribution >= 0.6 is 11.8 Å². The molecule has 0 saturated carbocycles. The summed E-state index contributed by atoms with van der Waals surface area (Å²) >= 11 is 1.34. The van der Waals surface area contributed by atoms with Gasteiger partial charge in [0.2, 0.25) is 15.9 Å². The van der Waals surface area contributed by atoms with Crippen molar-refractivity contribution in [3.05, 3.63) is 59.5 Å². The van der Waals surface area contributed by atoms with E-state index in [9.17, 15) is 13.2 Å². The van der Waals surface area contributed by atoms with Crippen LogP contribution in [0.4, 0.5) is 0 Å². The minimum absolute atomic E-state index is 0.0349. The van der Waals surface area contributed by atoms with Gasteiger partial charge in [-0.15, -0.1) is 0 Å². The van der Waals surface area contributed by atoms with Crippen molar-refractivity contribution in [2.45, 2.75) is 12.1 Å². The van der Waals surface area contributed by atoms with E-state index in [-0.39, 0.29) is 24.7 Å². The number of H-pyrrole nitrogens is 1. The first kappa shape index (κ1) is 23.3. The monoisotopic (exact) mass is 486 g/mol. The van der Waals surface area contributed by atoms with Crippen LogP contribution in [0, 0.1) is 0 Å². The molecule has 0 unspecified atom stereocenters. The smallest absolute Gasteiger partial charge is 0.236 e. The number of carbonyl (C=O) groups excluding carboxylic acids is 1. The molecule has 10 heteroatoms. The number of piperazine rings is 1. The SMILES string of the molecule is CCOc1ccc2nc(SCC(=O)N3CCN(S(=O)(=O)/C=C/c4ccccc4)CC3)[nH]c2c1. The molecule has 0 bridgehead atoms. The number of thioether (sulfide) groups is 1. The molecule has 1 aromatic heterocycles. The van der Waals surface area contributed by atoms with Gasteiger partial charge >= 0.3 is 0 Å². The Balaban J connectivity index is 1.28. The van der Waals surface area contributed by atoms with Gasteiger partial charge in [-0.05, 0) is 30.7 Å². The van der Waals surface area contributed by atoms with E-state index >= 15 is 0 Å². The Kier molecular flexibility index (Phi) is 7.36. The van der Waals surface area contributed by atoms with Crippen LogP contribution in [-0.4, -0.2) is 72.0 Å². The number of carbonyl (C=O) groups is 1. The summed E-state index contributed by atoms with van der Waals surface area (Å²) < 4.78 is 32.1. The molecule has 1 amide bonds. The molecule has 8 nitrogen and oxygen atoms in total. The molecule has 3 aromatic rings. The quantitative estimate of drug-likeness (QED) is 0.492. The van der Waals surface area contributed by atoms with Crippen molar-refractivity contribution in [3.63, 3.8) is 0 Å². The normalized spacial score (nSPS) is 15.4. The molecule has 33 heavy (non-hydrogen) atoms. The lowest BCUT2D eigenvalue weighted by Crippen LogP contribution is -2.50. The summed E-state index contributed by atoms with van der Waals surface area (Å²) in [5.41, 5.74) is 2.50. The maximum Gasteiger partial charge on any atom is 0.236 e. The first-order valence-corrected chi connectivity index (χ1v) is 13.2. The molecular weight excluding hydrogens is 460 g/mol. The lowest BCUT2D eigenvalue weighted by molar-refractivity contribution is -0.129. The largest absolute Gasteiger partial charge is 0.494 e. The summed E-state index contributed by atoms with van der Waals surface area (Å²) in [5.74, 6) is 0.971. The molecule has 4 rings (SSSR count).